The molecule has 2 rings (SSSR count). The normalized spacial score (nSPS) is 11.9. The standard InChI is InChI=1S/C18H18Br2Cl2O5/c1-7-14(21)17(26-4)11(18(27-5)15(7)22)16(23)10-12(19)8(24-2)6-9(25-3)13(10)20/h6,16,23H,1-5H3. The first-order chi connectivity index (χ1) is 12.7. The van der Waals surface area contributed by atoms with E-state index < -0.39 is 6.10 Å². The Bertz CT molecular complexity index is 815. The fourth-order valence-corrected chi connectivity index (χ4v) is 4.96. The Morgan fingerprint density at radius 3 is 1.56 bits per heavy atom. The minimum Gasteiger partial charge on any atom is -0.495 e. The van der Waals surface area contributed by atoms with Gasteiger partial charge in [-0.25, -0.2) is 0 Å². The molecule has 0 aliphatic rings. The summed E-state index contributed by atoms with van der Waals surface area (Å²) in [6.07, 6.45) is -1.22. The van der Waals surface area contributed by atoms with Crippen LogP contribution < -0.4 is 18.9 Å². The number of ether oxygens (including phenoxy) is 4. The zero-order chi connectivity index (χ0) is 20.5. The Morgan fingerprint density at radius 2 is 1.22 bits per heavy atom. The topological polar surface area (TPSA) is 57.2 Å². The molecule has 9 heteroatoms. The molecular weight excluding hydrogens is 527 g/mol. The van der Waals surface area contributed by atoms with E-state index in [4.69, 9.17) is 42.1 Å². The molecule has 27 heavy (non-hydrogen) atoms. The molecular formula is C18H18Br2Cl2O5. The Kier molecular flexibility index (Phi) is 7.55. The predicted octanol–water partition coefficient (Wildman–Crippen LogP) is 5.94. The average Bonchev–Trinajstić information content (AvgIpc) is 2.66. The molecule has 2 aromatic rings. The number of methoxy groups -OCH3 is 4. The lowest BCUT2D eigenvalue weighted by Crippen LogP contribution is -2.09. The number of hydrogen-bond donors (Lipinski definition) is 1. The van der Waals surface area contributed by atoms with Crippen LogP contribution in [0.2, 0.25) is 10.0 Å². The van der Waals surface area contributed by atoms with Crippen molar-refractivity contribution in [3.8, 4) is 23.0 Å². The maximum absolute atomic E-state index is 11.3. The first-order valence-corrected chi connectivity index (χ1v) is 9.96. The highest BCUT2D eigenvalue weighted by molar-refractivity contribution is 9.11. The van der Waals surface area contributed by atoms with Crippen LogP contribution >= 0.6 is 55.1 Å². The zero-order valence-corrected chi connectivity index (χ0v) is 19.9. The monoisotopic (exact) mass is 542 g/mol. The highest BCUT2D eigenvalue weighted by Crippen LogP contribution is 2.52. The van der Waals surface area contributed by atoms with E-state index in [1.54, 1.807) is 13.0 Å². The molecule has 1 atom stereocenters. The van der Waals surface area contributed by atoms with Gasteiger partial charge in [0.2, 0.25) is 0 Å². The summed E-state index contributed by atoms with van der Waals surface area (Å²) in [7, 11) is 5.95. The molecule has 0 spiro atoms. The molecule has 0 aliphatic carbocycles. The number of hydrogen-bond acceptors (Lipinski definition) is 5. The molecule has 0 amide bonds. The Labute approximate surface area is 184 Å². The van der Waals surface area contributed by atoms with Gasteiger partial charge in [-0.2, -0.15) is 0 Å². The van der Waals surface area contributed by atoms with Crippen molar-refractivity contribution in [3.63, 3.8) is 0 Å². The summed E-state index contributed by atoms with van der Waals surface area (Å²) in [6.45, 7) is 1.74. The second kappa shape index (κ2) is 9.09. The van der Waals surface area contributed by atoms with Gasteiger partial charge in [0.1, 0.15) is 29.1 Å². The van der Waals surface area contributed by atoms with Crippen LogP contribution in [0.4, 0.5) is 0 Å². The Balaban J connectivity index is 2.89. The second-order valence-electron chi connectivity index (χ2n) is 5.46. The van der Waals surface area contributed by atoms with Crippen LogP contribution in [0, 0.1) is 6.92 Å². The molecule has 148 valence electrons. The Morgan fingerprint density at radius 1 is 0.815 bits per heavy atom. The van der Waals surface area contributed by atoms with Crippen LogP contribution in [0.15, 0.2) is 15.0 Å². The minimum absolute atomic E-state index is 0.267. The van der Waals surface area contributed by atoms with Crippen molar-refractivity contribution in [2.45, 2.75) is 13.0 Å². The maximum atomic E-state index is 11.3. The van der Waals surface area contributed by atoms with Gasteiger partial charge in [0.15, 0.2) is 0 Å². The van der Waals surface area contributed by atoms with E-state index in [0.717, 1.165) is 0 Å². The fourth-order valence-electron chi connectivity index (χ4n) is 2.71. The lowest BCUT2D eigenvalue weighted by molar-refractivity contribution is 0.206. The van der Waals surface area contributed by atoms with Gasteiger partial charge >= 0.3 is 0 Å². The van der Waals surface area contributed by atoms with E-state index in [9.17, 15) is 5.11 Å². The largest absolute Gasteiger partial charge is 0.495 e. The van der Waals surface area contributed by atoms with Crippen LogP contribution in [0.3, 0.4) is 0 Å². The van der Waals surface area contributed by atoms with Crippen molar-refractivity contribution >= 4 is 55.1 Å². The molecule has 0 aromatic heterocycles. The van der Waals surface area contributed by atoms with Crippen LogP contribution in [-0.2, 0) is 0 Å². The number of aliphatic hydroxyl groups excluding tert-OH is 1. The number of benzene rings is 2. The zero-order valence-electron chi connectivity index (χ0n) is 15.2. The van der Waals surface area contributed by atoms with Crippen molar-refractivity contribution in [1.29, 1.82) is 0 Å². The van der Waals surface area contributed by atoms with Crippen LogP contribution in [0.1, 0.15) is 22.8 Å². The summed E-state index contributed by atoms with van der Waals surface area (Å²) in [4.78, 5) is 0. The van der Waals surface area contributed by atoms with E-state index in [1.807, 2.05) is 0 Å². The lowest BCUT2D eigenvalue weighted by atomic mass is 9.97. The van der Waals surface area contributed by atoms with Gasteiger partial charge in [0.25, 0.3) is 0 Å². The average molecular weight is 545 g/mol. The molecule has 5 nitrogen and oxygen atoms in total. The van der Waals surface area contributed by atoms with E-state index >= 15 is 0 Å². The van der Waals surface area contributed by atoms with Gasteiger partial charge in [0, 0.05) is 11.6 Å². The molecule has 0 fully saturated rings. The van der Waals surface area contributed by atoms with Crippen LogP contribution in [-0.4, -0.2) is 33.5 Å². The minimum atomic E-state index is -1.22. The smallest absolute Gasteiger partial charge is 0.147 e. The van der Waals surface area contributed by atoms with Gasteiger partial charge in [-0.1, -0.05) is 23.2 Å². The lowest BCUT2D eigenvalue weighted by Gasteiger charge is -2.24. The van der Waals surface area contributed by atoms with Crippen LogP contribution in [0.5, 0.6) is 23.0 Å². The number of halogens is 4. The second-order valence-corrected chi connectivity index (χ2v) is 7.80. The molecule has 2 aromatic carbocycles. The molecule has 1 unspecified atom stereocenters. The number of aliphatic hydroxyl groups is 1. The van der Waals surface area contributed by atoms with Crippen molar-refractivity contribution in [1.82, 2.24) is 0 Å². The molecule has 0 bridgehead atoms. The van der Waals surface area contributed by atoms with Crippen molar-refractivity contribution < 1.29 is 24.1 Å². The molecule has 0 radical (unpaired) electrons. The summed E-state index contributed by atoms with van der Waals surface area (Å²) >= 11 is 19.8. The SMILES string of the molecule is COc1cc(OC)c(Br)c(C(O)c2c(OC)c(Cl)c(C)c(Cl)c2OC)c1Br. The fraction of sp³-hybridized carbons (Fsp3) is 0.333. The van der Waals surface area contributed by atoms with Gasteiger partial charge in [-0.15, -0.1) is 0 Å². The molecule has 0 saturated heterocycles. The highest BCUT2D eigenvalue weighted by Gasteiger charge is 2.32. The van der Waals surface area contributed by atoms with Gasteiger partial charge < -0.3 is 24.1 Å². The molecule has 0 heterocycles. The third-order valence-corrected chi connectivity index (χ3v) is 6.66. The summed E-state index contributed by atoms with van der Waals surface area (Å²) < 4.78 is 22.7. The van der Waals surface area contributed by atoms with Gasteiger partial charge in [0.05, 0.1) is 53.0 Å². The molecule has 0 saturated carbocycles. The third-order valence-electron chi connectivity index (χ3n) is 4.11. The van der Waals surface area contributed by atoms with Crippen molar-refractivity contribution in [2.75, 3.05) is 28.4 Å². The third kappa shape index (κ3) is 3.85. The van der Waals surface area contributed by atoms with Crippen molar-refractivity contribution in [2.24, 2.45) is 0 Å². The van der Waals surface area contributed by atoms with Crippen molar-refractivity contribution in [3.05, 3.63) is 41.7 Å². The summed E-state index contributed by atoms with van der Waals surface area (Å²) in [5.41, 5.74) is 1.32. The molecule has 1 N–H and O–H groups in total. The first kappa shape index (κ1) is 22.4. The summed E-state index contributed by atoms with van der Waals surface area (Å²) in [5.74, 6) is 1.49. The van der Waals surface area contributed by atoms with E-state index in [-0.39, 0.29) is 17.1 Å². The van der Waals surface area contributed by atoms with Gasteiger partial charge in [-0.3, -0.25) is 0 Å². The first-order valence-electron chi connectivity index (χ1n) is 7.62. The molecule has 0 aliphatic heterocycles. The summed E-state index contributed by atoms with van der Waals surface area (Å²) in [5, 5.41) is 11.9. The highest BCUT2D eigenvalue weighted by atomic mass is 79.9. The Hall–Kier alpha value is -0.860. The van der Waals surface area contributed by atoms with E-state index in [1.165, 1.54) is 28.4 Å². The quantitative estimate of drug-likeness (QED) is 0.487. The van der Waals surface area contributed by atoms with E-state index in [2.05, 4.69) is 31.9 Å². The predicted molar refractivity (Wildman–Crippen MR) is 113 cm³/mol. The van der Waals surface area contributed by atoms with E-state index in [0.29, 0.717) is 41.6 Å². The summed E-state index contributed by atoms with van der Waals surface area (Å²) in [6, 6.07) is 1.69. The maximum Gasteiger partial charge on any atom is 0.147 e. The van der Waals surface area contributed by atoms with Gasteiger partial charge in [-0.05, 0) is 44.3 Å². The number of rotatable bonds is 6. The van der Waals surface area contributed by atoms with Crippen LogP contribution in [0.25, 0.3) is 0 Å².